The first-order valence-electron chi connectivity index (χ1n) is 5.88. The molecule has 0 fully saturated rings. The average molecular weight is 310 g/mol. The highest BCUT2D eigenvalue weighted by molar-refractivity contribution is 7.89. The van der Waals surface area contributed by atoms with Gasteiger partial charge in [-0.2, -0.15) is 4.31 Å². The standard InChI is InChI=1S/C11H16F2N2O4S/c1-3-4-15-6-8(5-9(15)11(16)17)20(18,19)14(2)7-10(12)13/h5-6,10H,3-4,7H2,1-2H3,(H,16,17). The molecule has 0 spiro atoms. The summed E-state index contributed by atoms with van der Waals surface area (Å²) in [6.07, 6.45) is -1.03. The third kappa shape index (κ3) is 3.54. The van der Waals surface area contributed by atoms with E-state index < -0.39 is 29.0 Å². The Morgan fingerprint density at radius 3 is 2.55 bits per heavy atom. The largest absolute Gasteiger partial charge is 0.477 e. The van der Waals surface area contributed by atoms with Crippen molar-refractivity contribution < 1.29 is 27.1 Å². The van der Waals surface area contributed by atoms with E-state index in [1.807, 2.05) is 6.92 Å². The Bertz CT molecular complexity index is 583. The maximum Gasteiger partial charge on any atom is 0.352 e. The second-order valence-corrected chi connectivity index (χ2v) is 6.28. The van der Waals surface area contributed by atoms with Crippen LogP contribution in [0, 0.1) is 0 Å². The Morgan fingerprint density at radius 2 is 2.10 bits per heavy atom. The molecule has 1 N–H and O–H groups in total. The Balaban J connectivity index is 3.19. The summed E-state index contributed by atoms with van der Waals surface area (Å²) in [5, 5.41) is 9.01. The van der Waals surface area contributed by atoms with Gasteiger partial charge in [-0.3, -0.25) is 0 Å². The van der Waals surface area contributed by atoms with Crippen LogP contribution in [0.3, 0.4) is 0 Å². The molecule has 0 aromatic carbocycles. The highest BCUT2D eigenvalue weighted by Crippen LogP contribution is 2.19. The van der Waals surface area contributed by atoms with E-state index in [1.54, 1.807) is 0 Å². The second kappa shape index (κ2) is 6.31. The van der Waals surface area contributed by atoms with Gasteiger partial charge in [0.25, 0.3) is 6.43 Å². The van der Waals surface area contributed by atoms with E-state index in [0.29, 0.717) is 17.3 Å². The number of rotatable bonds is 7. The number of aryl methyl sites for hydroxylation is 1. The molecule has 1 aromatic heterocycles. The quantitative estimate of drug-likeness (QED) is 0.827. The van der Waals surface area contributed by atoms with Crippen LogP contribution in [0.25, 0.3) is 0 Å². The number of aromatic nitrogens is 1. The first-order chi connectivity index (χ1) is 9.20. The number of nitrogens with zero attached hydrogens (tertiary/aromatic N) is 2. The van der Waals surface area contributed by atoms with Gasteiger partial charge in [0.15, 0.2) is 0 Å². The Morgan fingerprint density at radius 1 is 1.50 bits per heavy atom. The number of aromatic carboxylic acids is 1. The Labute approximate surface area is 115 Å². The molecule has 0 saturated heterocycles. The molecule has 0 radical (unpaired) electrons. The predicted molar refractivity (Wildman–Crippen MR) is 67.5 cm³/mol. The number of hydrogen-bond acceptors (Lipinski definition) is 3. The maximum atomic E-state index is 12.3. The fraction of sp³-hybridized carbons (Fsp3) is 0.545. The summed E-state index contributed by atoms with van der Waals surface area (Å²) in [7, 11) is -3.09. The molecule has 0 aliphatic heterocycles. The number of halogens is 2. The van der Waals surface area contributed by atoms with Crippen LogP contribution in [0.1, 0.15) is 23.8 Å². The monoisotopic (exact) mass is 310 g/mol. The average Bonchev–Trinajstić information content (AvgIpc) is 2.73. The summed E-state index contributed by atoms with van der Waals surface area (Å²) in [4.78, 5) is 10.7. The number of sulfonamides is 1. The minimum Gasteiger partial charge on any atom is -0.477 e. The zero-order valence-electron chi connectivity index (χ0n) is 11.1. The fourth-order valence-corrected chi connectivity index (χ4v) is 2.89. The van der Waals surface area contributed by atoms with E-state index in [9.17, 15) is 22.0 Å². The highest BCUT2D eigenvalue weighted by atomic mass is 32.2. The first-order valence-corrected chi connectivity index (χ1v) is 7.32. The van der Waals surface area contributed by atoms with Crippen LogP contribution in [0.4, 0.5) is 8.78 Å². The van der Waals surface area contributed by atoms with Crippen molar-refractivity contribution in [1.29, 1.82) is 0 Å². The lowest BCUT2D eigenvalue weighted by Gasteiger charge is -2.15. The van der Waals surface area contributed by atoms with Crippen LogP contribution < -0.4 is 0 Å². The van der Waals surface area contributed by atoms with E-state index in [0.717, 1.165) is 19.3 Å². The van der Waals surface area contributed by atoms with Crippen molar-refractivity contribution in [3.63, 3.8) is 0 Å². The van der Waals surface area contributed by atoms with Gasteiger partial charge >= 0.3 is 5.97 Å². The fourth-order valence-electron chi connectivity index (χ4n) is 1.70. The van der Waals surface area contributed by atoms with Crippen molar-refractivity contribution >= 4 is 16.0 Å². The van der Waals surface area contributed by atoms with Gasteiger partial charge in [-0.15, -0.1) is 0 Å². The molecule has 1 rings (SSSR count). The molecule has 20 heavy (non-hydrogen) atoms. The molecule has 0 aliphatic rings. The summed E-state index contributed by atoms with van der Waals surface area (Å²) in [5.41, 5.74) is -0.184. The third-order valence-electron chi connectivity index (χ3n) is 2.66. The van der Waals surface area contributed by atoms with Crippen molar-refractivity contribution in [2.45, 2.75) is 31.2 Å². The van der Waals surface area contributed by atoms with Crippen molar-refractivity contribution in [3.05, 3.63) is 18.0 Å². The van der Waals surface area contributed by atoms with E-state index in [2.05, 4.69) is 0 Å². The van der Waals surface area contributed by atoms with Gasteiger partial charge in [-0.05, 0) is 12.5 Å². The zero-order valence-corrected chi connectivity index (χ0v) is 11.9. The van der Waals surface area contributed by atoms with Crippen LogP contribution in [0.15, 0.2) is 17.2 Å². The molecule has 0 unspecified atom stereocenters. The van der Waals surface area contributed by atoms with Gasteiger partial charge in [0.05, 0.1) is 6.54 Å². The van der Waals surface area contributed by atoms with Crippen molar-refractivity contribution in [3.8, 4) is 0 Å². The van der Waals surface area contributed by atoms with Crippen molar-refractivity contribution in [1.82, 2.24) is 8.87 Å². The van der Waals surface area contributed by atoms with E-state index in [4.69, 9.17) is 5.11 Å². The topological polar surface area (TPSA) is 79.6 Å². The van der Waals surface area contributed by atoms with E-state index in [-0.39, 0.29) is 10.6 Å². The van der Waals surface area contributed by atoms with Crippen LogP contribution >= 0.6 is 0 Å². The molecule has 1 heterocycles. The second-order valence-electron chi connectivity index (χ2n) is 4.24. The van der Waals surface area contributed by atoms with E-state index >= 15 is 0 Å². The highest BCUT2D eigenvalue weighted by Gasteiger charge is 2.27. The first kappa shape index (κ1) is 16.6. The summed E-state index contributed by atoms with van der Waals surface area (Å²) in [6.45, 7) is 1.20. The molecule has 0 aliphatic carbocycles. The number of carboxylic acids is 1. The molecule has 1 aromatic rings. The lowest BCUT2D eigenvalue weighted by atomic mass is 10.4. The number of carbonyl (C=O) groups is 1. The summed E-state index contributed by atoms with van der Waals surface area (Å²) < 4.78 is 50.4. The summed E-state index contributed by atoms with van der Waals surface area (Å²) in [6, 6.07) is 0.981. The molecular weight excluding hydrogens is 294 g/mol. The van der Waals surface area contributed by atoms with Gasteiger partial charge in [0.1, 0.15) is 10.6 Å². The smallest absolute Gasteiger partial charge is 0.352 e. The van der Waals surface area contributed by atoms with Crippen LogP contribution in [-0.4, -0.2) is 48.4 Å². The molecule has 0 atom stereocenters. The van der Waals surface area contributed by atoms with Crippen LogP contribution in [-0.2, 0) is 16.6 Å². The summed E-state index contributed by atoms with van der Waals surface area (Å²) in [5.74, 6) is -1.27. The maximum absolute atomic E-state index is 12.3. The van der Waals surface area contributed by atoms with E-state index in [1.165, 1.54) is 4.57 Å². The van der Waals surface area contributed by atoms with Gasteiger partial charge in [-0.25, -0.2) is 22.0 Å². The van der Waals surface area contributed by atoms with Crippen molar-refractivity contribution in [2.75, 3.05) is 13.6 Å². The summed E-state index contributed by atoms with van der Waals surface area (Å²) >= 11 is 0. The Hall–Kier alpha value is -1.48. The van der Waals surface area contributed by atoms with Gasteiger partial charge < -0.3 is 9.67 Å². The zero-order chi connectivity index (χ0) is 15.5. The predicted octanol–water partition coefficient (Wildman–Crippen LogP) is 1.48. The third-order valence-corrected chi connectivity index (χ3v) is 4.45. The minimum atomic E-state index is -4.12. The molecule has 0 amide bonds. The van der Waals surface area contributed by atoms with Crippen LogP contribution in [0.2, 0.25) is 0 Å². The number of carboxylic acid groups (broad SMARTS) is 1. The number of hydrogen-bond donors (Lipinski definition) is 1. The molecule has 0 bridgehead atoms. The normalized spacial score (nSPS) is 12.3. The van der Waals surface area contributed by atoms with Gasteiger partial charge in [-0.1, -0.05) is 6.92 Å². The van der Waals surface area contributed by atoms with Crippen LogP contribution in [0.5, 0.6) is 0 Å². The molecule has 0 saturated carbocycles. The number of alkyl halides is 2. The van der Waals surface area contributed by atoms with Gasteiger partial charge in [0.2, 0.25) is 10.0 Å². The molecule has 6 nitrogen and oxygen atoms in total. The minimum absolute atomic E-state index is 0.184. The Kier molecular flexibility index (Phi) is 5.23. The lowest BCUT2D eigenvalue weighted by molar-refractivity contribution is 0.0685. The molecular formula is C11H16F2N2O4S. The lowest BCUT2D eigenvalue weighted by Crippen LogP contribution is -2.31. The molecule has 9 heteroatoms. The SMILES string of the molecule is CCCn1cc(S(=O)(=O)N(C)CC(F)F)cc1C(=O)O. The van der Waals surface area contributed by atoms with Crippen molar-refractivity contribution in [2.24, 2.45) is 0 Å². The molecule has 114 valence electrons. The van der Waals surface area contributed by atoms with Gasteiger partial charge in [0, 0.05) is 19.8 Å².